The Labute approximate surface area is 91.3 Å². The fourth-order valence-corrected chi connectivity index (χ4v) is 1.36. The summed E-state index contributed by atoms with van der Waals surface area (Å²) in [6, 6.07) is 7.30. The highest BCUT2D eigenvalue weighted by molar-refractivity contribution is 5.80. The van der Waals surface area contributed by atoms with Crippen LogP contribution in [-0.4, -0.2) is 22.2 Å². The summed E-state index contributed by atoms with van der Waals surface area (Å²) in [7, 11) is 0. The second kappa shape index (κ2) is 4.74. The predicted octanol–water partition coefficient (Wildman–Crippen LogP) is 1.80. The van der Waals surface area contributed by atoms with Crippen molar-refractivity contribution in [1.29, 1.82) is 0 Å². The van der Waals surface area contributed by atoms with Gasteiger partial charge in [-0.3, -0.25) is 4.79 Å². The summed E-state index contributed by atoms with van der Waals surface area (Å²) in [5.74, 6) is -2.89. The van der Waals surface area contributed by atoms with Gasteiger partial charge in [-0.25, -0.2) is 9.18 Å². The van der Waals surface area contributed by atoms with Crippen LogP contribution in [0.2, 0.25) is 0 Å². The average molecular weight is 226 g/mol. The zero-order valence-corrected chi connectivity index (χ0v) is 8.39. The number of carboxylic acid groups (broad SMARTS) is 2. The Morgan fingerprint density at radius 1 is 1.19 bits per heavy atom. The van der Waals surface area contributed by atoms with E-state index in [9.17, 15) is 14.0 Å². The lowest BCUT2D eigenvalue weighted by Gasteiger charge is -2.20. The Kier molecular flexibility index (Phi) is 3.60. The minimum absolute atomic E-state index is 0.0382. The fraction of sp³-hybridized carbons (Fsp3) is 0.273. The van der Waals surface area contributed by atoms with Crippen molar-refractivity contribution >= 4 is 11.9 Å². The lowest BCUT2D eigenvalue weighted by molar-refractivity contribution is -0.153. The number of hydrogen-bond donors (Lipinski definition) is 2. The van der Waals surface area contributed by atoms with E-state index in [1.807, 2.05) is 0 Å². The highest BCUT2D eigenvalue weighted by atomic mass is 19.1. The van der Waals surface area contributed by atoms with Crippen LogP contribution in [-0.2, 0) is 15.3 Å². The summed E-state index contributed by atoms with van der Waals surface area (Å²) >= 11 is 0. The smallest absolute Gasteiger partial charge is 0.346 e. The Morgan fingerprint density at radius 3 is 2.19 bits per heavy atom. The molecule has 1 aromatic rings. The Bertz CT molecular complexity index is 390. The molecule has 1 aromatic carbocycles. The molecule has 0 bridgehead atoms. The van der Waals surface area contributed by atoms with E-state index >= 15 is 0 Å². The van der Waals surface area contributed by atoms with E-state index in [0.29, 0.717) is 0 Å². The van der Waals surface area contributed by atoms with Crippen molar-refractivity contribution in [2.75, 3.05) is 0 Å². The molecule has 0 saturated carbocycles. The van der Waals surface area contributed by atoms with Gasteiger partial charge >= 0.3 is 11.9 Å². The molecular weight excluding hydrogens is 215 g/mol. The molecular formula is C11H11FO4. The third-order valence-electron chi connectivity index (χ3n) is 2.25. The van der Waals surface area contributed by atoms with E-state index in [1.165, 1.54) is 24.3 Å². The summed E-state index contributed by atoms with van der Waals surface area (Å²) in [4.78, 5) is 21.2. The minimum atomic E-state index is -2.64. The third kappa shape index (κ3) is 2.56. The Hall–Kier alpha value is -1.91. The van der Waals surface area contributed by atoms with Gasteiger partial charge in [-0.2, -0.15) is 0 Å². The number of hydrogen-bond acceptors (Lipinski definition) is 2. The summed E-state index contributed by atoms with van der Waals surface area (Å²) in [5.41, 5.74) is -2.68. The van der Waals surface area contributed by atoms with Crippen LogP contribution in [0, 0.1) is 0 Å². The molecule has 0 aromatic heterocycles. The topological polar surface area (TPSA) is 74.6 Å². The molecule has 1 atom stereocenters. The number of halogens is 1. The van der Waals surface area contributed by atoms with Crippen LogP contribution in [0.5, 0.6) is 0 Å². The first-order valence-electron chi connectivity index (χ1n) is 4.66. The van der Waals surface area contributed by atoms with Gasteiger partial charge in [0.25, 0.3) is 0 Å². The standard InChI is InChI=1S/C11H11FO4/c12-11(10(15)16,7-6-9(13)14)8-4-2-1-3-5-8/h1-5H,6-7H2,(H,13,14)(H,15,16). The zero-order valence-electron chi connectivity index (χ0n) is 8.39. The van der Waals surface area contributed by atoms with E-state index in [0.717, 1.165) is 0 Å². The maximum atomic E-state index is 14.1. The van der Waals surface area contributed by atoms with E-state index in [4.69, 9.17) is 10.2 Å². The van der Waals surface area contributed by atoms with Gasteiger partial charge in [-0.1, -0.05) is 30.3 Å². The lowest BCUT2D eigenvalue weighted by Crippen LogP contribution is -2.31. The number of carbonyl (C=O) groups is 2. The number of carboxylic acids is 2. The number of aliphatic carboxylic acids is 2. The maximum Gasteiger partial charge on any atom is 0.346 e. The van der Waals surface area contributed by atoms with Crippen molar-refractivity contribution in [2.24, 2.45) is 0 Å². The molecule has 1 rings (SSSR count). The minimum Gasteiger partial charge on any atom is -0.481 e. The molecule has 4 nitrogen and oxygen atoms in total. The lowest BCUT2D eigenvalue weighted by atomic mass is 9.91. The molecule has 0 heterocycles. The Balaban J connectivity index is 2.98. The van der Waals surface area contributed by atoms with Crippen LogP contribution in [0.25, 0.3) is 0 Å². The van der Waals surface area contributed by atoms with Gasteiger partial charge in [0.2, 0.25) is 5.67 Å². The molecule has 16 heavy (non-hydrogen) atoms. The normalized spacial score (nSPS) is 14.1. The predicted molar refractivity (Wildman–Crippen MR) is 53.7 cm³/mol. The molecule has 1 unspecified atom stereocenters. The van der Waals surface area contributed by atoms with Crippen LogP contribution in [0.1, 0.15) is 18.4 Å². The molecule has 0 saturated heterocycles. The van der Waals surface area contributed by atoms with Crippen molar-refractivity contribution in [3.05, 3.63) is 35.9 Å². The quantitative estimate of drug-likeness (QED) is 0.802. The van der Waals surface area contributed by atoms with Gasteiger partial charge in [-0.15, -0.1) is 0 Å². The van der Waals surface area contributed by atoms with E-state index in [-0.39, 0.29) is 5.56 Å². The van der Waals surface area contributed by atoms with Gasteiger partial charge in [0.05, 0.1) is 0 Å². The van der Waals surface area contributed by atoms with Crippen LogP contribution in [0.15, 0.2) is 30.3 Å². The third-order valence-corrected chi connectivity index (χ3v) is 2.25. The summed E-state index contributed by atoms with van der Waals surface area (Å²) in [5, 5.41) is 17.3. The first-order chi connectivity index (χ1) is 7.47. The molecule has 0 aliphatic carbocycles. The molecule has 0 aliphatic rings. The van der Waals surface area contributed by atoms with Crippen molar-refractivity contribution in [3.8, 4) is 0 Å². The first-order valence-corrected chi connectivity index (χ1v) is 4.66. The second-order valence-electron chi connectivity index (χ2n) is 3.37. The fourth-order valence-electron chi connectivity index (χ4n) is 1.36. The highest BCUT2D eigenvalue weighted by Crippen LogP contribution is 2.31. The molecule has 5 heteroatoms. The molecule has 2 N–H and O–H groups in total. The van der Waals surface area contributed by atoms with E-state index < -0.39 is 30.4 Å². The van der Waals surface area contributed by atoms with Crippen molar-refractivity contribution < 1.29 is 24.2 Å². The molecule has 0 radical (unpaired) electrons. The average Bonchev–Trinajstić information content (AvgIpc) is 2.26. The highest BCUT2D eigenvalue weighted by Gasteiger charge is 2.40. The van der Waals surface area contributed by atoms with Gasteiger partial charge in [0, 0.05) is 18.4 Å². The molecule has 0 fully saturated rings. The van der Waals surface area contributed by atoms with Crippen LogP contribution in [0.4, 0.5) is 4.39 Å². The van der Waals surface area contributed by atoms with Gasteiger partial charge < -0.3 is 10.2 Å². The first kappa shape index (κ1) is 12.2. The summed E-state index contributed by atoms with van der Waals surface area (Å²) in [6.07, 6.45) is -1.11. The summed E-state index contributed by atoms with van der Waals surface area (Å²) in [6.45, 7) is 0. The van der Waals surface area contributed by atoms with Gasteiger partial charge in [0.1, 0.15) is 0 Å². The van der Waals surface area contributed by atoms with Crippen LogP contribution in [0.3, 0.4) is 0 Å². The van der Waals surface area contributed by atoms with E-state index in [1.54, 1.807) is 6.07 Å². The SMILES string of the molecule is O=C(O)CCC(F)(C(=O)O)c1ccccc1. The largest absolute Gasteiger partial charge is 0.481 e. The summed E-state index contributed by atoms with van der Waals surface area (Å²) < 4.78 is 14.1. The van der Waals surface area contributed by atoms with Crippen LogP contribution < -0.4 is 0 Å². The van der Waals surface area contributed by atoms with E-state index in [2.05, 4.69) is 0 Å². The second-order valence-corrected chi connectivity index (χ2v) is 3.37. The maximum absolute atomic E-state index is 14.1. The van der Waals surface area contributed by atoms with Crippen molar-refractivity contribution in [1.82, 2.24) is 0 Å². The van der Waals surface area contributed by atoms with Crippen molar-refractivity contribution in [2.45, 2.75) is 18.5 Å². The molecule has 86 valence electrons. The number of alkyl halides is 1. The number of benzene rings is 1. The monoisotopic (exact) mass is 226 g/mol. The van der Waals surface area contributed by atoms with Crippen molar-refractivity contribution in [3.63, 3.8) is 0 Å². The molecule has 0 aliphatic heterocycles. The van der Waals surface area contributed by atoms with Gasteiger partial charge in [0.15, 0.2) is 0 Å². The molecule has 0 amide bonds. The van der Waals surface area contributed by atoms with Gasteiger partial charge in [-0.05, 0) is 0 Å². The Morgan fingerprint density at radius 2 is 1.75 bits per heavy atom. The van der Waals surface area contributed by atoms with Crippen LogP contribution >= 0.6 is 0 Å². The number of rotatable bonds is 5. The molecule has 0 spiro atoms. The zero-order chi connectivity index (χ0) is 12.2.